The molecule has 9 nitrogen and oxygen atoms in total. The van der Waals surface area contributed by atoms with Crippen LogP contribution in [0.5, 0.6) is 0 Å². The molecule has 3 heterocycles. The van der Waals surface area contributed by atoms with Crippen LogP contribution in [0.15, 0.2) is 25.9 Å². The molecule has 0 spiro atoms. The molecular weight excluding hydrogens is 426 g/mol. The average molecular weight is 452 g/mol. The topological polar surface area (TPSA) is 112 Å². The van der Waals surface area contributed by atoms with E-state index in [0.717, 1.165) is 0 Å². The fourth-order valence-electron chi connectivity index (χ4n) is 2.62. The number of alkyl carbamates (subject to hydrolysis) is 1. The van der Waals surface area contributed by atoms with E-state index in [9.17, 15) is 9.59 Å². The van der Waals surface area contributed by atoms with E-state index in [4.69, 9.17) is 9.26 Å². The van der Waals surface area contributed by atoms with Crippen LogP contribution < -0.4 is 10.9 Å². The molecular formula is C19H25N5O4S2. The Morgan fingerprint density at radius 1 is 1.30 bits per heavy atom. The Kier molecular flexibility index (Phi) is 6.23. The molecule has 30 heavy (non-hydrogen) atoms. The first-order chi connectivity index (χ1) is 14.0. The highest BCUT2D eigenvalue weighted by Gasteiger charge is 2.31. The first kappa shape index (κ1) is 22.3. The van der Waals surface area contributed by atoms with Gasteiger partial charge in [0, 0.05) is 6.54 Å². The maximum atomic E-state index is 12.6. The van der Waals surface area contributed by atoms with Gasteiger partial charge in [-0.15, -0.1) is 11.3 Å². The van der Waals surface area contributed by atoms with Gasteiger partial charge in [-0.2, -0.15) is 4.98 Å². The number of thiophene rings is 1. The molecule has 0 bridgehead atoms. The molecule has 162 valence electrons. The van der Waals surface area contributed by atoms with Gasteiger partial charge < -0.3 is 14.6 Å². The number of thioether (sulfide) groups is 1. The molecule has 3 rings (SSSR count). The van der Waals surface area contributed by atoms with Crippen LogP contribution >= 0.6 is 23.1 Å². The summed E-state index contributed by atoms with van der Waals surface area (Å²) in [5, 5.41) is 9.20. The third kappa shape index (κ3) is 5.01. The highest BCUT2D eigenvalue weighted by molar-refractivity contribution is 7.98. The molecule has 11 heteroatoms. The van der Waals surface area contributed by atoms with E-state index in [1.54, 1.807) is 39.2 Å². The van der Waals surface area contributed by atoms with E-state index in [1.165, 1.54) is 23.1 Å². The second-order valence-corrected chi connectivity index (χ2v) is 9.99. The predicted octanol–water partition coefficient (Wildman–Crippen LogP) is 3.91. The van der Waals surface area contributed by atoms with Crippen molar-refractivity contribution >= 4 is 39.4 Å². The summed E-state index contributed by atoms with van der Waals surface area (Å²) in [5.74, 6) is 1.05. The molecule has 0 fully saturated rings. The molecule has 0 unspecified atom stereocenters. The Bertz CT molecular complexity index is 1110. The lowest BCUT2D eigenvalue weighted by Crippen LogP contribution is -2.44. The number of fused-ring (bicyclic) bond motifs is 1. The zero-order valence-electron chi connectivity index (χ0n) is 17.8. The minimum absolute atomic E-state index is 0.0473. The Morgan fingerprint density at radius 2 is 2.03 bits per heavy atom. The van der Waals surface area contributed by atoms with Crippen LogP contribution in [-0.2, 0) is 22.6 Å². The summed E-state index contributed by atoms with van der Waals surface area (Å²) in [7, 11) is 0. The molecule has 1 N–H and O–H groups in total. The van der Waals surface area contributed by atoms with Crippen LogP contribution in [0, 0.1) is 0 Å². The van der Waals surface area contributed by atoms with Gasteiger partial charge >= 0.3 is 6.09 Å². The molecule has 0 aliphatic carbocycles. The number of aromatic nitrogens is 4. The Hall–Kier alpha value is -2.40. The van der Waals surface area contributed by atoms with E-state index in [2.05, 4.69) is 20.4 Å². The van der Waals surface area contributed by atoms with E-state index in [1.807, 2.05) is 18.4 Å². The van der Waals surface area contributed by atoms with Crippen molar-refractivity contribution in [2.24, 2.45) is 0 Å². The van der Waals surface area contributed by atoms with E-state index in [0.29, 0.717) is 39.4 Å². The largest absolute Gasteiger partial charge is 0.444 e. The third-order valence-corrected chi connectivity index (χ3v) is 5.87. The van der Waals surface area contributed by atoms with Gasteiger partial charge in [0.25, 0.3) is 5.56 Å². The maximum absolute atomic E-state index is 12.6. The van der Waals surface area contributed by atoms with E-state index in [-0.39, 0.29) is 5.56 Å². The summed E-state index contributed by atoms with van der Waals surface area (Å²) >= 11 is 2.74. The number of ether oxygens (including phenoxy) is 1. The molecule has 0 atom stereocenters. The van der Waals surface area contributed by atoms with Crippen molar-refractivity contribution in [2.45, 2.75) is 70.1 Å². The van der Waals surface area contributed by atoms with Crippen LogP contribution in [0.2, 0.25) is 0 Å². The lowest BCUT2D eigenvalue weighted by Gasteiger charge is -2.26. The van der Waals surface area contributed by atoms with E-state index >= 15 is 0 Å². The molecule has 0 aromatic carbocycles. The third-order valence-electron chi connectivity index (χ3n) is 4.01. The highest BCUT2D eigenvalue weighted by Crippen LogP contribution is 2.25. The molecule has 3 aromatic rings. The normalized spacial score (nSPS) is 12.3. The van der Waals surface area contributed by atoms with Crippen molar-refractivity contribution < 1.29 is 14.1 Å². The lowest BCUT2D eigenvalue weighted by molar-refractivity contribution is 0.0465. The zero-order chi connectivity index (χ0) is 22.1. The van der Waals surface area contributed by atoms with Crippen molar-refractivity contribution in [1.29, 1.82) is 0 Å². The predicted molar refractivity (Wildman–Crippen MR) is 116 cm³/mol. The summed E-state index contributed by atoms with van der Waals surface area (Å²) in [6.45, 7) is 11.3. The Morgan fingerprint density at radius 3 is 2.70 bits per heavy atom. The SMILES string of the molecule is CCn1c(SCc2nc(C(C)(C)NC(=O)OC(C)(C)C)no2)nc2ccsc2c1=O. The van der Waals surface area contributed by atoms with Crippen LogP contribution in [0.1, 0.15) is 53.3 Å². The Labute approximate surface area is 182 Å². The molecule has 1 amide bonds. The minimum atomic E-state index is -0.881. The number of nitrogens with zero attached hydrogens (tertiary/aromatic N) is 4. The van der Waals surface area contributed by atoms with Crippen LogP contribution in [-0.4, -0.2) is 31.4 Å². The number of hydrogen-bond donors (Lipinski definition) is 1. The van der Waals surface area contributed by atoms with Crippen molar-refractivity contribution in [3.8, 4) is 0 Å². The van der Waals surface area contributed by atoms with Gasteiger partial charge in [0.15, 0.2) is 11.0 Å². The second kappa shape index (κ2) is 8.38. The molecule has 3 aromatic heterocycles. The average Bonchev–Trinajstić information content (AvgIpc) is 3.27. The zero-order valence-corrected chi connectivity index (χ0v) is 19.4. The smallest absolute Gasteiger partial charge is 0.408 e. The number of carbonyl (C=O) groups is 1. The maximum Gasteiger partial charge on any atom is 0.408 e. The van der Waals surface area contributed by atoms with Gasteiger partial charge in [-0.25, -0.2) is 9.78 Å². The van der Waals surface area contributed by atoms with Gasteiger partial charge in [-0.05, 0) is 53.0 Å². The number of amides is 1. The summed E-state index contributed by atoms with van der Waals surface area (Å²) in [5.41, 5.74) is -0.848. The number of nitrogens with one attached hydrogen (secondary N) is 1. The lowest BCUT2D eigenvalue weighted by atomic mass is 10.1. The van der Waals surface area contributed by atoms with Gasteiger partial charge in [0.05, 0.1) is 11.3 Å². The minimum Gasteiger partial charge on any atom is -0.444 e. The molecule has 0 saturated heterocycles. The van der Waals surface area contributed by atoms with E-state index < -0.39 is 17.2 Å². The Balaban J connectivity index is 1.72. The number of carbonyl (C=O) groups excluding carboxylic acids is 1. The van der Waals surface area contributed by atoms with Crippen LogP contribution in [0.25, 0.3) is 10.2 Å². The molecule has 0 saturated carbocycles. The van der Waals surface area contributed by atoms with Crippen LogP contribution in [0.4, 0.5) is 4.79 Å². The quantitative estimate of drug-likeness (QED) is 0.443. The standard InChI is InChI=1S/C19H25N5O4S2/c1-7-24-14(25)13-11(8-9-29-13)20-16(24)30-10-12-21-15(23-28-12)19(5,6)22-17(26)27-18(2,3)4/h8-9H,7,10H2,1-6H3,(H,22,26). The summed E-state index contributed by atoms with van der Waals surface area (Å²) in [4.78, 5) is 33.7. The van der Waals surface area contributed by atoms with Gasteiger partial charge in [0.2, 0.25) is 5.89 Å². The highest BCUT2D eigenvalue weighted by atomic mass is 32.2. The van der Waals surface area contributed by atoms with Crippen molar-refractivity contribution in [3.63, 3.8) is 0 Å². The molecule has 0 aliphatic heterocycles. The fourth-order valence-corrected chi connectivity index (χ4v) is 4.30. The number of hydrogen-bond acceptors (Lipinski definition) is 9. The summed E-state index contributed by atoms with van der Waals surface area (Å²) in [6, 6.07) is 1.83. The summed E-state index contributed by atoms with van der Waals surface area (Å²) in [6.07, 6.45) is -0.562. The number of rotatable bonds is 6. The van der Waals surface area contributed by atoms with Crippen LogP contribution in [0.3, 0.4) is 0 Å². The fraction of sp³-hybridized carbons (Fsp3) is 0.526. The van der Waals surface area contributed by atoms with Gasteiger partial charge in [-0.3, -0.25) is 9.36 Å². The summed E-state index contributed by atoms with van der Waals surface area (Å²) < 4.78 is 12.9. The molecule has 0 radical (unpaired) electrons. The first-order valence-electron chi connectivity index (χ1n) is 9.45. The first-order valence-corrected chi connectivity index (χ1v) is 11.3. The second-order valence-electron chi connectivity index (χ2n) is 8.13. The van der Waals surface area contributed by atoms with Gasteiger partial charge in [0.1, 0.15) is 15.8 Å². The van der Waals surface area contributed by atoms with Crippen molar-refractivity contribution in [3.05, 3.63) is 33.5 Å². The van der Waals surface area contributed by atoms with Crippen molar-refractivity contribution in [1.82, 2.24) is 25.0 Å². The molecule has 0 aliphatic rings. The van der Waals surface area contributed by atoms with Gasteiger partial charge in [-0.1, -0.05) is 16.9 Å². The van der Waals surface area contributed by atoms with Crippen molar-refractivity contribution in [2.75, 3.05) is 0 Å². The monoisotopic (exact) mass is 451 g/mol.